The topological polar surface area (TPSA) is 27.7 Å². The van der Waals surface area contributed by atoms with E-state index in [1.165, 1.54) is 0 Å². The highest BCUT2D eigenvalue weighted by molar-refractivity contribution is 6.34. The predicted molar refractivity (Wildman–Crippen MR) is 75.7 cm³/mol. The molecule has 2 aromatic carbocycles. The second-order valence-electron chi connectivity index (χ2n) is 4.02. The van der Waals surface area contributed by atoms with E-state index in [1.807, 2.05) is 30.3 Å². The third-order valence-electron chi connectivity index (χ3n) is 2.74. The molecule has 0 aliphatic heterocycles. The molecule has 0 fully saturated rings. The van der Waals surface area contributed by atoms with E-state index >= 15 is 0 Å². The normalized spacial score (nSPS) is 10.0. The molecule has 0 heterocycles. The van der Waals surface area contributed by atoms with E-state index in [2.05, 4.69) is 0 Å². The second-order valence-corrected chi connectivity index (χ2v) is 4.02. The Kier molecular flexibility index (Phi) is 4.34. The Labute approximate surface area is 114 Å². The van der Waals surface area contributed by atoms with Gasteiger partial charge in [0.1, 0.15) is 20.2 Å². The van der Waals surface area contributed by atoms with Crippen LogP contribution in [0.4, 0.5) is 0 Å². The number of hydrogen-bond acceptors (Lipinski definition) is 3. The molecule has 0 spiro atoms. The molecule has 0 saturated carbocycles. The van der Waals surface area contributed by atoms with E-state index in [1.54, 1.807) is 26.4 Å². The van der Waals surface area contributed by atoms with Crippen molar-refractivity contribution in [3.05, 3.63) is 48.0 Å². The fraction of sp³-hybridized carbons (Fsp3) is 0.200. The molecule has 2 rings (SSSR count). The minimum absolute atomic E-state index is 0.438. The van der Waals surface area contributed by atoms with Crippen molar-refractivity contribution in [3.63, 3.8) is 0 Å². The lowest BCUT2D eigenvalue weighted by Crippen LogP contribution is -2.11. The summed E-state index contributed by atoms with van der Waals surface area (Å²) in [7, 11) is 9.11. The summed E-state index contributed by atoms with van der Waals surface area (Å²) in [5.41, 5.74) is 1.56. The predicted octanol–water partition coefficient (Wildman–Crippen LogP) is 2.08. The summed E-state index contributed by atoms with van der Waals surface area (Å²) in [5, 5.41) is 0. The molecule has 4 heteroatoms. The molecule has 0 unspecified atom stereocenters. The Bertz CT molecular complexity index is 541. The van der Waals surface area contributed by atoms with Crippen LogP contribution < -0.4 is 19.7 Å². The third kappa shape index (κ3) is 3.22. The van der Waals surface area contributed by atoms with Crippen molar-refractivity contribution in [2.24, 2.45) is 0 Å². The van der Waals surface area contributed by atoms with Gasteiger partial charge in [0, 0.05) is 6.07 Å². The third-order valence-corrected chi connectivity index (χ3v) is 2.74. The summed E-state index contributed by atoms with van der Waals surface area (Å²) in [4.78, 5) is 0. The first-order chi connectivity index (χ1) is 9.24. The number of rotatable bonds is 5. The first-order valence-electron chi connectivity index (χ1n) is 5.93. The fourth-order valence-electron chi connectivity index (χ4n) is 1.75. The van der Waals surface area contributed by atoms with Crippen LogP contribution in [0.15, 0.2) is 42.5 Å². The van der Waals surface area contributed by atoms with Crippen molar-refractivity contribution in [1.29, 1.82) is 0 Å². The van der Waals surface area contributed by atoms with Crippen molar-refractivity contribution in [1.82, 2.24) is 0 Å². The van der Waals surface area contributed by atoms with Crippen molar-refractivity contribution >= 4 is 13.3 Å². The van der Waals surface area contributed by atoms with Gasteiger partial charge in [0.2, 0.25) is 0 Å². The van der Waals surface area contributed by atoms with Gasteiger partial charge in [-0.2, -0.15) is 0 Å². The van der Waals surface area contributed by atoms with Gasteiger partial charge in [0.15, 0.2) is 11.5 Å². The number of ether oxygens (including phenoxy) is 3. The molecule has 3 nitrogen and oxygen atoms in total. The highest BCUT2D eigenvalue weighted by Gasteiger charge is 2.10. The fourth-order valence-corrected chi connectivity index (χ4v) is 1.75. The Balaban J connectivity index is 2.20. The summed E-state index contributed by atoms with van der Waals surface area (Å²) in [6.07, 6.45) is 0. The Morgan fingerprint density at radius 3 is 2.37 bits per heavy atom. The van der Waals surface area contributed by atoms with Gasteiger partial charge in [-0.1, -0.05) is 30.3 Å². The quantitative estimate of drug-likeness (QED) is 0.764. The van der Waals surface area contributed by atoms with E-state index < -0.39 is 0 Å². The van der Waals surface area contributed by atoms with Crippen molar-refractivity contribution in [2.75, 3.05) is 14.2 Å². The Hall–Kier alpha value is -2.10. The lowest BCUT2D eigenvalue weighted by Gasteiger charge is -2.15. The van der Waals surface area contributed by atoms with E-state index in [0.29, 0.717) is 29.3 Å². The van der Waals surface area contributed by atoms with Crippen LogP contribution >= 0.6 is 0 Å². The van der Waals surface area contributed by atoms with E-state index in [4.69, 9.17) is 22.1 Å². The number of benzene rings is 2. The maximum absolute atomic E-state index is 5.95. The lowest BCUT2D eigenvalue weighted by molar-refractivity contribution is 0.285. The van der Waals surface area contributed by atoms with Crippen molar-refractivity contribution in [2.45, 2.75) is 6.61 Å². The molecule has 2 aromatic rings. The Morgan fingerprint density at radius 2 is 1.74 bits per heavy atom. The van der Waals surface area contributed by atoms with Crippen LogP contribution in [0.2, 0.25) is 0 Å². The summed E-state index contributed by atoms with van der Waals surface area (Å²) < 4.78 is 16.2. The van der Waals surface area contributed by atoms with Gasteiger partial charge in [-0.3, -0.25) is 0 Å². The molecule has 2 radical (unpaired) electrons. The molecular weight excluding hydrogens is 239 g/mol. The molecule has 0 bridgehead atoms. The molecule has 0 saturated heterocycles. The Morgan fingerprint density at radius 1 is 1.00 bits per heavy atom. The summed E-state index contributed by atoms with van der Waals surface area (Å²) >= 11 is 0. The van der Waals surface area contributed by atoms with E-state index in [-0.39, 0.29) is 0 Å². The van der Waals surface area contributed by atoms with E-state index in [0.717, 1.165) is 5.56 Å². The minimum atomic E-state index is 0.438. The molecule has 0 amide bonds. The largest absolute Gasteiger partial charge is 0.497 e. The standard InChI is InChI=1S/C15H15BO3/c1-17-12-8-13(16)15(14(9-12)18-2)19-10-11-6-4-3-5-7-11/h3-9H,10H2,1-2H3. The number of hydrogen-bond donors (Lipinski definition) is 0. The SMILES string of the molecule is [B]c1cc(OC)cc(OC)c1OCc1ccccc1. The van der Waals surface area contributed by atoms with Crippen LogP contribution in [0.5, 0.6) is 17.2 Å². The summed E-state index contributed by atoms with van der Waals surface area (Å²) in [6.45, 7) is 0.438. The molecule has 0 atom stereocenters. The van der Waals surface area contributed by atoms with Crippen LogP contribution in [-0.2, 0) is 6.61 Å². The highest BCUT2D eigenvalue weighted by Crippen LogP contribution is 2.29. The van der Waals surface area contributed by atoms with Crippen LogP contribution in [0, 0.1) is 0 Å². The zero-order chi connectivity index (χ0) is 13.7. The molecule has 96 valence electrons. The first kappa shape index (κ1) is 13.3. The van der Waals surface area contributed by atoms with Crippen LogP contribution in [0.1, 0.15) is 5.56 Å². The summed E-state index contributed by atoms with van der Waals surface area (Å²) in [5.74, 6) is 1.74. The van der Waals surface area contributed by atoms with E-state index in [9.17, 15) is 0 Å². The summed E-state index contributed by atoms with van der Waals surface area (Å²) in [6, 6.07) is 13.3. The van der Waals surface area contributed by atoms with Gasteiger partial charge in [-0.25, -0.2) is 0 Å². The van der Waals surface area contributed by atoms with Gasteiger partial charge in [-0.05, 0) is 17.1 Å². The van der Waals surface area contributed by atoms with Crippen LogP contribution in [0.3, 0.4) is 0 Å². The second kappa shape index (κ2) is 6.18. The minimum Gasteiger partial charge on any atom is -0.497 e. The molecule has 0 aromatic heterocycles. The van der Waals surface area contributed by atoms with Gasteiger partial charge in [0.05, 0.1) is 14.2 Å². The smallest absolute Gasteiger partial charge is 0.163 e. The average molecular weight is 254 g/mol. The molecular formula is C15H15BO3. The monoisotopic (exact) mass is 254 g/mol. The number of methoxy groups -OCH3 is 2. The lowest BCUT2D eigenvalue weighted by atomic mass is 9.94. The van der Waals surface area contributed by atoms with Crippen molar-refractivity contribution in [3.8, 4) is 17.2 Å². The van der Waals surface area contributed by atoms with Gasteiger partial charge < -0.3 is 14.2 Å². The maximum Gasteiger partial charge on any atom is 0.163 e. The van der Waals surface area contributed by atoms with Gasteiger partial charge in [-0.15, -0.1) is 0 Å². The van der Waals surface area contributed by atoms with Gasteiger partial charge >= 0.3 is 0 Å². The highest BCUT2D eigenvalue weighted by atomic mass is 16.5. The van der Waals surface area contributed by atoms with Crippen molar-refractivity contribution < 1.29 is 14.2 Å². The molecule has 0 N–H and O–H groups in total. The molecule has 0 aliphatic carbocycles. The van der Waals surface area contributed by atoms with Crippen LogP contribution in [-0.4, -0.2) is 22.1 Å². The van der Waals surface area contributed by atoms with Crippen LogP contribution in [0.25, 0.3) is 0 Å². The maximum atomic E-state index is 5.95. The first-order valence-corrected chi connectivity index (χ1v) is 5.93. The average Bonchev–Trinajstić information content (AvgIpc) is 2.46. The molecule has 0 aliphatic rings. The zero-order valence-corrected chi connectivity index (χ0v) is 11.1. The zero-order valence-electron chi connectivity index (χ0n) is 11.1. The van der Waals surface area contributed by atoms with Gasteiger partial charge in [0.25, 0.3) is 0 Å². The molecule has 19 heavy (non-hydrogen) atoms.